The number of benzene rings is 5. The van der Waals surface area contributed by atoms with Gasteiger partial charge in [-0.05, 0) is 61.0 Å². The van der Waals surface area contributed by atoms with Crippen molar-refractivity contribution in [3.05, 3.63) is 143 Å². The second-order valence-electron chi connectivity index (χ2n) is 13.7. The maximum atomic E-state index is 8.10. The van der Waals surface area contributed by atoms with Crippen LogP contribution in [0, 0.1) is 23.7 Å². The number of fused-ring (bicyclic) bond motifs is 6. The second-order valence-corrected chi connectivity index (χ2v) is 13.7. The van der Waals surface area contributed by atoms with E-state index < -0.39 is 22.4 Å². The lowest BCUT2D eigenvalue weighted by molar-refractivity contribution is -0.174. The molecular weight excluding hydrogens is 504 g/mol. The van der Waals surface area contributed by atoms with E-state index >= 15 is 0 Å². The lowest BCUT2D eigenvalue weighted by Crippen LogP contribution is -2.61. The molecule has 0 aromatic heterocycles. The number of ether oxygens (including phenoxy) is 3. The van der Waals surface area contributed by atoms with E-state index in [9.17, 15) is 0 Å². The zero-order valence-electron chi connectivity index (χ0n) is 22.1. The van der Waals surface area contributed by atoms with Gasteiger partial charge >= 0.3 is 0 Å². The molecule has 6 heterocycles. The topological polar surface area (TPSA) is 27.7 Å². The van der Waals surface area contributed by atoms with E-state index in [1.54, 1.807) is 0 Å². The predicted molar refractivity (Wildman–Crippen MR) is 153 cm³/mol. The maximum Gasteiger partial charge on any atom is 0.126 e. The van der Waals surface area contributed by atoms with E-state index in [-0.39, 0.29) is 35.9 Å². The van der Waals surface area contributed by atoms with Crippen LogP contribution in [0.3, 0.4) is 0 Å². The van der Waals surface area contributed by atoms with Crippen molar-refractivity contribution in [1.82, 2.24) is 0 Å². The molecule has 8 aliphatic rings. The van der Waals surface area contributed by atoms with Gasteiger partial charge in [-0.2, -0.15) is 0 Å². The summed E-state index contributed by atoms with van der Waals surface area (Å²) in [5.74, 6) is 0.766. The molecule has 3 heteroatoms. The summed E-state index contributed by atoms with van der Waals surface area (Å²) in [5.41, 5.74) is 6.03. The average molecular weight is 529 g/mol. The predicted octanol–water partition coefficient (Wildman–Crippen LogP) is 7.11. The first kappa shape index (κ1) is 20.2. The molecule has 194 valence electrons. The van der Waals surface area contributed by atoms with Gasteiger partial charge in [0.2, 0.25) is 0 Å². The van der Waals surface area contributed by atoms with Gasteiger partial charge in [-0.1, -0.05) is 103 Å². The minimum atomic E-state index is -0.530. The standard InChI is InChI=1S/C38H24O3/c1-2-12-22-21(11-1)32-31-34-36(22,40-32)24-14-4-9-20-10-6-16-26(29(20)24)37(34)30-27-17-18-35(39-27)23-13-3-7-19-8-5-15-25(28(19)23)38(31,41-37)33(30)35/h1-18,27,30-34H/t27-,30-,31-,32-,33-,34-,35-,36-,37-,38-/m1/s1. The molecule has 0 amide bonds. The van der Waals surface area contributed by atoms with Gasteiger partial charge in [0, 0.05) is 23.7 Å². The molecule has 4 fully saturated rings. The molecule has 0 unspecified atom stereocenters. The number of hydrogen-bond acceptors (Lipinski definition) is 3. The van der Waals surface area contributed by atoms with Crippen LogP contribution >= 0.6 is 0 Å². The van der Waals surface area contributed by atoms with Gasteiger partial charge in [0.1, 0.15) is 22.4 Å². The molecule has 4 spiro atoms. The summed E-state index contributed by atoms with van der Waals surface area (Å²) in [6.07, 6.45) is 4.75. The average Bonchev–Trinajstić information content (AvgIpc) is 3.85. The third kappa shape index (κ3) is 1.59. The van der Waals surface area contributed by atoms with Crippen LogP contribution in [0.4, 0.5) is 0 Å². The fourth-order valence-electron chi connectivity index (χ4n) is 12.3. The first-order valence-electron chi connectivity index (χ1n) is 15.2. The minimum Gasteiger partial charge on any atom is -0.358 e. The second kappa shape index (κ2) is 5.65. The van der Waals surface area contributed by atoms with Crippen LogP contribution in [0.15, 0.2) is 109 Å². The first-order chi connectivity index (χ1) is 20.3. The summed E-state index contributed by atoms with van der Waals surface area (Å²) in [7, 11) is 0. The molecule has 6 bridgehead atoms. The lowest BCUT2D eigenvalue weighted by atomic mass is 9.41. The Hall–Kier alpha value is -3.76. The normalized spacial score (nSPS) is 44.6. The number of rotatable bonds is 0. The molecule has 5 aromatic rings. The van der Waals surface area contributed by atoms with Gasteiger partial charge < -0.3 is 14.2 Å². The third-order valence-electron chi connectivity index (χ3n) is 12.9. The van der Waals surface area contributed by atoms with Gasteiger partial charge in [-0.3, -0.25) is 0 Å². The highest BCUT2D eigenvalue weighted by Crippen LogP contribution is 2.89. The summed E-state index contributed by atoms with van der Waals surface area (Å²) in [6, 6.07) is 36.5. The Balaban J connectivity index is 1.29. The van der Waals surface area contributed by atoms with Crippen LogP contribution in [0.1, 0.15) is 39.5 Å². The highest BCUT2D eigenvalue weighted by molar-refractivity contribution is 5.96. The summed E-state index contributed by atoms with van der Waals surface area (Å²) < 4.78 is 23.0. The molecular formula is C38H24O3. The van der Waals surface area contributed by atoms with Gasteiger partial charge in [0.15, 0.2) is 0 Å². The summed E-state index contributed by atoms with van der Waals surface area (Å²) in [6.45, 7) is 0. The van der Waals surface area contributed by atoms with Crippen LogP contribution in [-0.4, -0.2) is 6.10 Å². The van der Waals surface area contributed by atoms with Crippen molar-refractivity contribution in [2.45, 2.75) is 34.6 Å². The van der Waals surface area contributed by atoms with Gasteiger partial charge in [-0.15, -0.1) is 0 Å². The SMILES string of the molecule is C1=C[C@]23O[C@H]1[C@@H]1[C@H]2[C@@]2(O[C@]14c1cccc5cccc(c15)[C@]15O[C@H](c6ccccc61)[C@@H]2[C@H]54)c1cccc2cccc3c12. The summed E-state index contributed by atoms with van der Waals surface area (Å²) in [4.78, 5) is 0. The van der Waals surface area contributed by atoms with Crippen LogP contribution in [0.25, 0.3) is 21.5 Å². The Morgan fingerprint density at radius 1 is 0.537 bits per heavy atom. The van der Waals surface area contributed by atoms with Crippen molar-refractivity contribution in [3.63, 3.8) is 0 Å². The van der Waals surface area contributed by atoms with E-state index in [1.165, 1.54) is 54.9 Å². The largest absolute Gasteiger partial charge is 0.358 e. The maximum absolute atomic E-state index is 8.10. The fraction of sp³-hybridized carbons (Fsp3) is 0.263. The summed E-state index contributed by atoms with van der Waals surface area (Å²) in [5, 5.41) is 5.20. The van der Waals surface area contributed by atoms with Crippen LogP contribution in [-0.2, 0) is 36.6 Å². The van der Waals surface area contributed by atoms with E-state index in [1.807, 2.05) is 0 Å². The quantitative estimate of drug-likeness (QED) is 0.201. The highest BCUT2D eigenvalue weighted by Gasteiger charge is 2.92. The van der Waals surface area contributed by atoms with E-state index in [0.717, 1.165) is 0 Å². The van der Waals surface area contributed by atoms with Gasteiger partial charge in [0.25, 0.3) is 0 Å². The molecule has 10 atom stereocenters. The van der Waals surface area contributed by atoms with Crippen LogP contribution < -0.4 is 0 Å². The molecule has 13 rings (SSSR count). The number of hydrogen-bond donors (Lipinski definition) is 0. The van der Waals surface area contributed by atoms with E-state index in [0.29, 0.717) is 0 Å². The molecule has 3 nitrogen and oxygen atoms in total. The van der Waals surface area contributed by atoms with Crippen LogP contribution in [0.5, 0.6) is 0 Å². The molecule has 6 aliphatic heterocycles. The van der Waals surface area contributed by atoms with Crippen molar-refractivity contribution >= 4 is 21.5 Å². The Morgan fingerprint density at radius 3 is 1.95 bits per heavy atom. The Bertz CT molecular complexity index is 2170. The Morgan fingerprint density at radius 2 is 1.17 bits per heavy atom. The molecule has 5 aromatic carbocycles. The third-order valence-corrected chi connectivity index (χ3v) is 12.9. The monoisotopic (exact) mass is 528 g/mol. The van der Waals surface area contributed by atoms with Crippen LogP contribution in [0.2, 0.25) is 0 Å². The van der Waals surface area contributed by atoms with Gasteiger partial charge in [0.05, 0.1) is 12.2 Å². The molecule has 0 N–H and O–H groups in total. The Kier molecular flexibility index (Phi) is 2.78. The van der Waals surface area contributed by atoms with Crippen molar-refractivity contribution in [3.8, 4) is 0 Å². The highest BCUT2D eigenvalue weighted by atomic mass is 16.6. The van der Waals surface area contributed by atoms with Gasteiger partial charge in [-0.25, -0.2) is 0 Å². The minimum absolute atomic E-state index is 0.0133. The molecule has 2 aliphatic carbocycles. The molecule has 41 heavy (non-hydrogen) atoms. The molecule has 4 saturated heterocycles. The van der Waals surface area contributed by atoms with Crippen molar-refractivity contribution in [1.29, 1.82) is 0 Å². The lowest BCUT2D eigenvalue weighted by Gasteiger charge is -2.56. The van der Waals surface area contributed by atoms with E-state index in [2.05, 4.69) is 109 Å². The van der Waals surface area contributed by atoms with Crippen molar-refractivity contribution in [2.24, 2.45) is 23.7 Å². The first-order valence-corrected chi connectivity index (χ1v) is 15.2. The molecule has 0 radical (unpaired) electrons. The summed E-state index contributed by atoms with van der Waals surface area (Å²) >= 11 is 0. The van der Waals surface area contributed by atoms with Crippen molar-refractivity contribution in [2.75, 3.05) is 0 Å². The zero-order valence-corrected chi connectivity index (χ0v) is 22.1. The fourth-order valence-corrected chi connectivity index (χ4v) is 12.3. The van der Waals surface area contributed by atoms with E-state index in [4.69, 9.17) is 14.2 Å². The zero-order chi connectivity index (χ0) is 26.1. The molecule has 0 saturated carbocycles. The van der Waals surface area contributed by atoms with Crippen molar-refractivity contribution < 1.29 is 14.2 Å². The smallest absolute Gasteiger partial charge is 0.126 e. The Labute approximate surface area is 236 Å².